The van der Waals surface area contributed by atoms with Crippen molar-refractivity contribution in [2.45, 2.75) is 6.36 Å². The number of halogens is 3. The van der Waals surface area contributed by atoms with Gasteiger partial charge in [-0.3, -0.25) is 4.98 Å². The highest BCUT2D eigenvalue weighted by Crippen LogP contribution is 2.28. The minimum atomic E-state index is -4.75. The van der Waals surface area contributed by atoms with Gasteiger partial charge in [0.05, 0.1) is 17.6 Å². The molecular formula is C18H11F3N4O. The van der Waals surface area contributed by atoms with Crippen LogP contribution < -0.4 is 4.74 Å². The smallest absolute Gasteiger partial charge is 0.406 e. The van der Waals surface area contributed by atoms with E-state index in [-0.39, 0.29) is 5.75 Å². The number of aromatic nitrogens is 4. The van der Waals surface area contributed by atoms with Crippen molar-refractivity contribution in [3.63, 3.8) is 0 Å². The molecule has 26 heavy (non-hydrogen) atoms. The zero-order chi connectivity index (χ0) is 18.1. The first-order valence-corrected chi connectivity index (χ1v) is 7.61. The number of fused-ring (bicyclic) bond motifs is 1. The molecule has 0 bridgehead atoms. The van der Waals surface area contributed by atoms with Crippen molar-refractivity contribution in [1.29, 1.82) is 0 Å². The van der Waals surface area contributed by atoms with Crippen LogP contribution in [-0.2, 0) is 0 Å². The number of pyridine rings is 1. The molecule has 130 valence electrons. The van der Waals surface area contributed by atoms with E-state index in [0.29, 0.717) is 22.6 Å². The highest BCUT2D eigenvalue weighted by atomic mass is 19.4. The van der Waals surface area contributed by atoms with Crippen LogP contribution in [0.4, 0.5) is 13.2 Å². The van der Waals surface area contributed by atoms with Crippen molar-refractivity contribution >= 4 is 5.65 Å². The van der Waals surface area contributed by atoms with Gasteiger partial charge in [-0.05, 0) is 36.4 Å². The lowest BCUT2D eigenvalue weighted by Crippen LogP contribution is -2.17. The maximum Gasteiger partial charge on any atom is 0.573 e. The van der Waals surface area contributed by atoms with E-state index in [2.05, 4.69) is 19.8 Å². The van der Waals surface area contributed by atoms with Gasteiger partial charge >= 0.3 is 6.36 Å². The second-order valence-corrected chi connectivity index (χ2v) is 5.45. The lowest BCUT2D eigenvalue weighted by molar-refractivity contribution is -0.274. The first-order chi connectivity index (χ1) is 12.5. The predicted molar refractivity (Wildman–Crippen MR) is 88.3 cm³/mol. The van der Waals surface area contributed by atoms with Gasteiger partial charge in [0.15, 0.2) is 5.65 Å². The molecule has 3 heterocycles. The summed E-state index contributed by atoms with van der Waals surface area (Å²) in [7, 11) is 0. The Balaban J connectivity index is 1.79. The molecule has 0 unspecified atom stereocenters. The van der Waals surface area contributed by atoms with Gasteiger partial charge < -0.3 is 4.74 Å². The summed E-state index contributed by atoms with van der Waals surface area (Å²) in [6.45, 7) is 0. The molecule has 0 saturated carbocycles. The Hall–Kier alpha value is -3.42. The predicted octanol–water partition coefficient (Wildman–Crippen LogP) is 4.36. The first-order valence-electron chi connectivity index (χ1n) is 7.61. The number of nitrogens with zero attached hydrogens (tertiary/aromatic N) is 4. The van der Waals surface area contributed by atoms with Crippen molar-refractivity contribution in [2.75, 3.05) is 0 Å². The van der Waals surface area contributed by atoms with Gasteiger partial charge in [0.25, 0.3) is 0 Å². The Kier molecular flexibility index (Phi) is 3.80. The van der Waals surface area contributed by atoms with E-state index in [0.717, 1.165) is 5.56 Å². The minimum Gasteiger partial charge on any atom is -0.406 e. The molecule has 0 saturated heterocycles. The van der Waals surface area contributed by atoms with Crippen molar-refractivity contribution in [3.8, 4) is 28.3 Å². The van der Waals surface area contributed by atoms with Gasteiger partial charge in [-0.1, -0.05) is 12.1 Å². The molecule has 5 nitrogen and oxygen atoms in total. The molecule has 0 aliphatic heterocycles. The van der Waals surface area contributed by atoms with Crippen molar-refractivity contribution in [2.24, 2.45) is 0 Å². The third kappa shape index (κ3) is 3.21. The van der Waals surface area contributed by atoms with E-state index in [1.807, 2.05) is 12.1 Å². The van der Waals surface area contributed by atoms with Crippen LogP contribution in [0.15, 0.2) is 67.1 Å². The fraction of sp³-hybridized carbons (Fsp3) is 0.0556. The number of benzene rings is 1. The zero-order valence-corrected chi connectivity index (χ0v) is 13.2. The number of hydrogen-bond donors (Lipinski definition) is 0. The number of ether oxygens (including phenoxy) is 1. The molecule has 0 aliphatic carbocycles. The Morgan fingerprint density at radius 1 is 0.923 bits per heavy atom. The van der Waals surface area contributed by atoms with Gasteiger partial charge in [-0.15, -0.1) is 13.2 Å². The molecule has 8 heteroatoms. The summed E-state index contributed by atoms with van der Waals surface area (Å²) < 4.78 is 42.9. The highest BCUT2D eigenvalue weighted by Gasteiger charge is 2.31. The van der Waals surface area contributed by atoms with Crippen LogP contribution in [0.5, 0.6) is 5.75 Å². The second kappa shape index (κ2) is 6.14. The maximum atomic E-state index is 12.5. The van der Waals surface area contributed by atoms with Crippen LogP contribution in [0.1, 0.15) is 0 Å². The Bertz CT molecular complexity index is 1060. The lowest BCUT2D eigenvalue weighted by atomic mass is 10.1. The van der Waals surface area contributed by atoms with Crippen molar-refractivity contribution in [3.05, 3.63) is 67.1 Å². The Morgan fingerprint density at radius 2 is 1.77 bits per heavy atom. The number of imidazole rings is 1. The number of rotatable bonds is 3. The quantitative estimate of drug-likeness (QED) is 0.547. The molecule has 0 fully saturated rings. The molecular weight excluding hydrogens is 345 g/mol. The van der Waals surface area contributed by atoms with E-state index >= 15 is 0 Å². The molecule has 0 amide bonds. The van der Waals surface area contributed by atoms with E-state index in [4.69, 9.17) is 0 Å². The fourth-order valence-corrected chi connectivity index (χ4v) is 2.59. The van der Waals surface area contributed by atoms with Crippen LogP contribution in [0.3, 0.4) is 0 Å². The van der Waals surface area contributed by atoms with Gasteiger partial charge in [0, 0.05) is 23.5 Å². The normalized spacial score (nSPS) is 11.7. The van der Waals surface area contributed by atoms with Crippen LogP contribution in [-0.4, -0.2) is 25.9 Å². The lowest BCUT2D eigenvalue weighted by Gasteiger charge is -2.10. The van der Waals surface area contributed by atoms with E-state index < -0.39 is 6.36 Å². The largest absolute Gasteiger partial charge is 0.573 e. The molecule has 3 aromatic heterocycles. The summed E-state index contributed by atoms with van der Waals surface area (Å²) in [6, 6.07) is 13.0. The SMILES string of the molecule is FC(F)(F)Oc1cccc(-c2cnc3ccc(-c4cccnc4)nn23)c1. The van der Waals surface area contributed by atoms with Crippen molar-refractivity contribution < 1.29 is 17.9 Å². The molecule has 4 aromatic rings. The molecule has 0 N–H and O–H groups in total. The average molecular weight is 356 g/mol. The molecule has 0 atom stereocenters. The summed E-state index contributed by atoms with van der Waals surface area (Å²) in [5, 5.41) is 4.54. The third-order valence-electron chi connectivity index (χ3n) is 3.68. The van der Waals surface area contributed by atoms with Crippen LogP contribution >= 0.6 is 0 Å². The first kappa shape index (κ1) is 16.1. The molecule has 1 aromatic carbocycles. The monoisotopic (exact) mass is 356 g/mol. The van der Waals surface area contributed by atoms with E-state index in [9.17, 15) is 13.2 Å². The standard InChI is InChI=1S/C18H11F3N4O/c19-18(20,21)26-14-5-1-3-12(9-14)16-11-23-17-7-6-15(24-25(16)17)13-4-2-8-22-10-13/h1-11H. The molecule has 4 rings (SSSR count). The number of hydrogen-bond acceptors (Lipinski definition) is 4. The summed E-state index contributed by atoms with van der Waals surface area (Å²) in [6.07, 6.45) is 0.158. The number of alkyl halides is 3. The zero-order valence-electron chi connectivity index (χ0n) is 13.2. The maximum absolute atomic E-state index is 12.5. The topological polar surface area (TPSA) is 52.3 Å². The Labute approximate surface area is 145 Å². The summed E-state index contributed by atoms with van der Waals surface area (Å²) >= 11 is 0. The fourth-order valence-electron chi connectivity index (χ4n) is 2.59. The van der Waals surface area contributed by atoms with Crippen molar-refractivity contribution in [1.82, 2.24) is 19.6 Å². The molecule has 0 spiro atoms. The highest BCUT2D eigenvalue weighted by molar-refractivity contribution is 5.66. The Morgan fingerprint density at radius 3 is 2.54 bits per heavy atom. The molecule has 0 radical (unpaired) electrons. The van der Waals surface area contributed by atoms with Gasteiger partial charge in [-0.25, -0.2) is 9.50 Å². The second-order valence-electron chi connectivity index (χ2n) is 5.45. The van der Waals surface area contributed by atoms with E-state index in [1.54, 1.807) is 41.3 Å². The summed E-state index contributed by atoms with van der Waals surface area (Å²) in [5.74, 6) is -0.298. The third-order valence-corrected chi connectivity index (χ3v) is 3.68. The average Bonchev–Trinajstić information content (AvgIpc) is 3.04. The summed E-state index contributed by atoms with van der Waals surface area (Å²) in [5.41, 5.74) is 3.14. The van der Waals surface area contributed by atoms with Crippen LogP contribution in [0.25, 0.3) is 28.2 Å². The van der Waals surface area contributed by atoms with Gasteiger partial charge in [0.1, 0.15) is 5.75 Å². The summed E-state index contributed by atoms with van der Waals surface area (Å²) in [4.78, 5) is 8.32. The van der Waals surface area contributed by atoms with Gasteiger partial charge in [0.2, 0.25) is 0 Å². The van der Waals surface area contributed by atoms with E-state index in [1.165, 1.54) is 18.2 Å². The van der Waals surface area contributed by atoms with Gasteiger partial charge in [-0.2, -0.15) is 5.10 Å². The minimum absolute atomic E-state index is 0.298. The van der Waals surface area contributed by atoms with Crippen LogP contribution in [0.2, 0.25) is 0 Å². The van der Waals surface area contributed by atoms with Crippen LogP contribution in [0, 0.1) is 0 Å². The molecule has 0 aliphatic rings.